The van der Waals surface area contributed by atoms with E-state index in [1.165, 1.54) is 0 Å². The van der Waals surface area contributed by atoms with Gasteiger partial charge in [-0.15, -0.1) is 0 Å². The maximum atomic E-state index is 12.0. The van der Waals surface area contributed by atoms with Crippen molar-refractivity contribution in [2.75, 3.05) is 5.32 Å². The SMILES string of the molecule is CCC(CC)C(=O)Nc1nc(C2CC2)c(C(=O)O)s1. The number of amides is 1. The zero-order chi connectivity index (χ0) is 14.0. The van der Waals surface area contributed by atoms with Crippen LogP contribution in [0.25, 0.3) is 0 Å². The number of hydrogen-bond donors (Lipinski definition) is 2. The third-order valence-electron chi connectivity index (χ3n) is 3.40. The second-order valence-corrected chi connectivity index (χ2v) is 5.81. The molecular formula is C13H18N2O3S. The molecule has 5 nitrogen and oxygen atoms in total. The molecular weight excluding hydrogens is 264 g/mol. The average Bonchev–Trinajstić information content (AvgIpc) is 3.12. The largest absolute Gasteiger partial charge is 0.477 e. The zero-order valence-corrected chi connectivity index (χ0v) is 11.9. The van der Waals surface area contributed by atoms with Crippen molar-refractivity contribution in [3.05, 3.63) is 10.6 Å². The van der Waals surface area contributed by atoms with Crippen LogP contribution in [0.3, 0.4) is 0 Å². The van der Waals surface area contributed by atoms with Crippen molar-refractivity contribution < 1.29 is 14.7 Å². The molecule has 1 fully saturated rings. The number of aromatic nitrogens is 1. The molecule has 1 saturated carbocycles. The van der Waals surface area contributed by atoms with Crippen LogP contribution in [-0.4, -0.2) is 22.0 Å². The molecule has 0 saturated heterocycles. The Morgan fingerprint density at radius 1 is 1.42 bits per heavy atom. The van der Waals surface area contributed by atoms with Gasteiger partial charge in [0.25, 0.3) is 0 Å². The Morgan fingerprint density at radius 2 is 2.05 bits per heavy atom. The van der Waals surface area contributed by atoms with Crippen molar-refractivity contribution in [1.82, 2.24) is 4.98 Å². The predicted octanol–water partition coefficient (Wildman–Crippen LogP) is 3.09. The van der Waals surface area contributed by atoms with Gasteiger partial charge in [0.1, 0.15) is 4.88 Å². The van der Waals surface area contributed by atoms with Gasteiger partial charge in [-0.05, 0) is 25.7 Å². The quantitative estimate of drug-likeness (QED) is 0.840. The third-order valence-corrected chi connectivity index (χ3v) is 4.37. The molecule has 104 valence electrons. The molecule has 19 heavy (non-hydrogen) atoms. The van der Waals surface area contributed by atoms with E-state index < -0.39 is 5.97 Å². The van der Waals surface area contributed by atoms with E-state index in [1.807, 2.05) is 13.8 Å². The number of carboxylic acid groups (broad SMARTS) is 1. The topological polar surface area (TPSA) is 79.3 Å². The van der Waals surface area contributed by atoms with Crippen molar-refractivity contribution in [3.8, 4) is 0 Å². The Kier molecular flexibility index (Phi) is 4.19. The van der Waals surface area contributed by atoms with Crippen LogP contribution >= 0.6 is 11.3 Å². The van der Waals surface area contributed by atoms with Gasteiger partial charge in [-0.3, -0.25) is 4.79 Å². The van der Waals surface area contributed by atoms with Crippen LogP contribution < -0.4 is 5.32 Å². The lowest BCUT2D eigenvalue weighted by Crippen LogP contribution is -2.21. The molecule has 1 amide bonds. The van der Waals surface area contributed by atoms with Crippen molar-refractivity contribution in [3.63, 3.8) is 0 Å². The Hall–Kier alpha value is -1.43. The van der Waals surface area contributed by atoms with Gasteiger partial charge in [-0.2, -0.15) is 0 Å². The monoisotopic (exact) mass is 282 g/mol. The van der Waals surface area contributed by atoms with E-state index in [0.29, 0.717) is 10.8 Å². The van der Waals surface area contributed by atoms with E-state index >= 15 is 0 Å². The van der Waals surface area contributed by atoms with Crippen LogP contribution in [0, 0.1) is 5.92 Å². The molecule has 0 radical (unpaired) electrons. The molecule has 1 heterocycles. The molecule has 0 unspecified atom stereocenters. The van der Waals surface area contributed by atoms with Crippen molar-refractivity contribution in [1.29, 1.82) is 0 Å². The summed E-state index contributed by atoms with van der Waals surface area (Å²) in [6.07, 6.45) is 3.53. The van der Waals surface area contributed by atoms with Gasteiger partial charge in [0.2, 0.25) is 5.91 Å². The molecule has 2 rings (SSSR count). The summed E-state index contributed by atoms with van der Waals surface area (Å²) in [6.45, 7) is 3.93. The predicted molar refractivity (Wildman–Crippen MR) is 73.8 cm³/mol. The van der Waals surface area contributed by atoms with E-state index in [-0.39, 0.29) is 22.6 Å². The Labute approximate surface area is 116 Å². The van der Waals surface area contributed by atoms with Crippen LogP contribution in [0.2, 0.25) is 0 Å². The van der Waals surface area contributed by atoms with Crippen LogP contribution in [0.5, 0.6) is 0 Å². The van der Waals surface area contributed by atoms with Crippen molar-refractivity contribution >= 4 is 28.3 Å². The second kappa shape index (κ2) is 5.69. The van der Waals surface area contributed by atoms with E-state index in [9.17, 15) is 9.59 Å². The Balaban J connectivity index is 2.15. The van der Waals surface area contributed by atoms with Crippen LogP contribution in [-0.2, 0) is 4.79 Å². The number of carbonyl (C=O) groups excluding carboxylic acids is 1. The Bertz CT molecular complexity index is 490. The van der Waals surface area contributed by atoms with E-state index in [1.54, 1.807) is 0 Å². The fourth-order valence-corrected chi connectivity index (χ4v) is 2.93. The van der Waals surface area contributed by atoms with Gasteiger partial charge in [-0.1, -0.05) is 25.2 Å². The van der Waals surface area contributed by atoms with Gasteiger partial charge in [0, 0.05) is 11.8 Å². The third kappa shape index (κ3) is 3.12. The highest BCUT2D eigenvalue weighted by Gasteiger charge is 2.32. The van der Waals surface area contributed by atoms with Gasteiger partial charge in [-0.25, -0.2) is 9.78 Å². The smallest absolute Gasteiger partial charge is 0.347 e. The minimum atomic E-state index is -0.956. The number of carboxylic acids is 1. The summed E-state index contributed by atoms with van der Waals surface area (Å²) in [5.41, 5.74) is 0.636. The normalized spacial score (nSPS) is 14.7. The van der Waals surface area contributed by atoms with E-state index in [2.05, 4.69) is 10.3 Å². The highest BCUT2D eigenvalue weighted by atomic mass is 32.1. The first-order chi connectivity index (χ1) is 9.06. The Morgan fingerprint density at radius 3 is 2.53 bits per heavy atom. The first-order valence-corrected chi connectivity index (χ1v) is 7.43. The lowest BCUT2D eigenvalue weighted by Gasteiger charge is -2.10. The molecule has 1 aliphatic rings. The number of nitrogens with one attached hydrogen (secondary N) is 1. The van der Waals surface area contributed by atoms with Crippen LogP contribution in [0.15, 0.2) is 0 Å². The highest BCUT2D eigenvalue weighted by molar-refractivity contribution is 7.17. The van der Waals surface area contributed by atoms with E-state index in [0.717, 1.165) is 37.0 Å². The molecule has 1 aromatic heterocycles. The zero-order valence-electron chi connectivity index (χ0n) is 11.1. The first-order valence-electron chi connectivity index (χ1n) is 6.61. The molecule has 0 spiro atoms. The first kappa shape index (κ1) is 14.0. The standard InChI is InChI=1S/C13H18N2O3S/c1-3-7(4-2)11(16)15-13-14-9(8-5-6-8)10(19-13)12(17)18/h7-8H,3-6H2,1-2H3,(H,17,18)(H,14,15,16). The van der Waals surface area contributed by atoms with Crippen LogP contribution in [0.1, 0.15) is 60.8 Å². The number of aromatic carboxylic acids is 1. The fraction of sp³-hybridized carbons (Fsp3) is 0.615. The van der Waals surface area contributed by atoms with Crippen LogP contribution in [0.4, 0.5) is 5.13 Å². The molecule has 2 N–H and O–H groups in total. The summed E-state index contributed by atoms with van der Waals surface area (Å²) in [5.74, 6) is -0.803. The molecule has 6 heteroatoms. The summed E-state index contributed by atoms with van der Waals surface area (Å²) >= 11 is 1.06. The van der Waals surface area contributed by atoms with Gasteiger partial charge < -0.3 is 10.4 Å². The summed E-state index contributed by atoms with van der Waals surface area (Å²) in [4.78, 5) is 27.7. The minimum Gasteiger partial charge on any atom is -0.477 e. The number of rotatable bonds is 6. The highest BCUT2D eigenvalue weighted by Crippen LogP contribution is 2.43. The fourth-order valence-electron chi connectivity index (χ4n) is 2.04. The average molecular weight is 282 g/mol. The lowest BCUT2D eigenvalue weighted by molar-refractivity contribution is -0.120. The summed E-state index contributed by atoms with van der Waals surface area (Å²) in [7, 11) is 0. The molecule has 1 aromatic rings. The van der Waals surface area contributed by atoms with Gasteiger partial charge in [0.05, 0.1) is 5.69 Å². The lowest BCUT2D eigenvalue weighted by atomic mass is 10.0. The number of hydrogen-bond acceptors (Lipinski definition) is 4. The second-order valence-electron chi connectivity index (χ2n) is 4.82. The number of thiazole rings is 1. The van der Waals surface area contributed by atoms with Crippen molar-refractivity contribution in [2.24, 2.45) is 5.92 Å². The maximum Gasteiger partial charge on any atom is 0.347 e. The summed E-state index contributed by atoms with van der Waals surface area (Å²) in [6, 6.07) is 0. The van der Waals surface area contributed by atoms with Gasteiger partial charge >= 0.3 is 5.97 Å². The molecule has 0 atom stereocenters. The molecule has 0 aliphatic heterocycles. The van der Waals surface area contributed by atoms with Gasteiger partial charge in [0.15, 0.2) is 5.13 Å². The molecule has 0 aromatic carbocycles. The summed E-state index contributed by atoms with van der Waals surface area (Å²) < 4.78 is 0. The number of anilines is 1. The number of carbonyl (C=O) groups is 2. The minimum absolute atomic E-state index is 0.0402. The summed E-state index contributed by atoms with van der Waals surface area (Å²) in [5, 5.41) is 12.3. The van der Waals surface area contributed by atoms with Crippen molar-refractivity contribution in [2.45, 2.75) is 45.4 Å². The maximum absolute atomic E-state index is 12.0. The van der Waals surface area contributed by atoms with E-state index in [4.69, 9.17) is 5.11 Å². The molecule has 1 aliphatic carbocycles. The number of nitrogens with zero attached hydrogens (tertiary/aromatic N) is 1. The molecule has 0 bridgehead atoms.